The first-order valence-corrected chi connectivity index (χ1v) is 6.91. The Labute approximate surface area is 109 Å². The normalized spacial score (nSPS) is 35.2. The average Bonchev–Trinajstić information content (AvgIpc) is 2.73. The number of carbonyl (C=O) groups excluding carboxylic acids is 1. The number of carbonyl (C=O) groups is 1. The van der Waals surface area contributed by atoms with Crippen LogP contribution < -0.4 is 11.5 Å². The Kier molecular flexibility index (Phi) is 3.94. The minimum absolute atomic E-state index is 0.340. The molecular weight excluding hydrogens is 228 g/mol. The molecule has 5 heteroatoms. The third-order valence-electron chi connectivity index (χ3n) is 4.76. The van der Waals surface area contributed by atoms with Crippen LogP contribution in [-0.2, 0) is 4.79 Å². The molecule has 104 valence electrons. The first-order valence-electron chi connectivity index (χ1n) is 6.91. The summed E-state index contributed by atoms with van der Waals surface area (Å²) in [5.74, 6) is -0.340. The Hall–Kier alpha value is -0.650. The minimum Gasteiger partial charge on any atom is -0.368 e. The number of primary amides is 1. The fraction of sp³-hybridized carbons (Fsp3) is 0.923. The van der Waals surface area contributed by atoms with Crippen LogP contribution in [0.5, 0.6) is 0 Å². The molecule has 0 aromatic heterocycles. The number of rotatable bonds is 3. The van der Waals surface area contributed by atoms with Crippen molar-refractivity contribution in [2.24, 2.45) is 11.5 Å². The second-order valence-corrected chi connectivity index (χ2v) is 6.15. The molecule has 5 nitrogen and oxygen atoms in total. The molecule has 1 saturated heterocycles. The number of nitrogens with zero attached hydrogens (tertiary/aromatic N) is 2. The maximum atomic E-state index is 11.4. The van der Waals surface area contributed by atoms with Crippen LogP contribution in [0.25, 0.3) is 0 Å². The first kappa shape index (κ1) is 13.8. The molecule has 0 spiro atoms. The monoisotopic (exact) mass is 254 g/mol. The Morgan fingerprint density at radius 1 is 1.28 bits per heavy atom. The van der Waals surface area contributed by atoms with E-state index in [2.05, 4.69) is 23.9 Å². The minimum atomic E-state index is -0.761. The van der Waals surface area contributed by atoms with Crippen LogP contribution in [0.4, 0.5) is 0 Å². The maximum absolute atomic E-state index is 11.4. The summed E-state index contributed by atoms with van der Waals surface area (Å²) in [4.78, 5) is 16.2. The Balaban J connectivity index is 1.87. The topological polar surface area (TPSA) is 75.6 Å². The van der Waals surface area contributed by atoms with Crippen LogP contribution in [0.3, 0.4) is 0 Å². The molecule has 1 heterocycles. The molecule has 0 aromatic carbocycles. The summed E-state index contributed by atoms with van der Waals surface area (Å²) in [5.41, 5.74) is 10.7. The summed E-state index contributed by atoms with van der Waals surface area (Å²) in [5, 5.41) is 0. The fourth-order valence-electron chi connectivity index (χ4n) is 3.35. The number of amides is 1. The molecule has 1 amide bonds. The molecule has 1 saturated carbocycles. The largest absolute Gasteiger partial charge is 0.368 e. The summed E-state index contributed by atoms with van der Waals surface area (Å²) in [6.07, 6.45) is 4.89. The van der Waals surface area contributed by atoms with E-state index in [4.69, 9.17) is 11.5 Å². The van der Waals surface area contributed by atoms with Crippen molar-refractivity contribution >= 4 is 5.91 Å². The lowest BCUT2D eigenvalue weighted by atomic mass is 9.97. The summed E-state index contributed by atoms with van der Waals surface area (Å²) in [7, 11) is 4.29. The van der Waals surface area contributed by atoms with Crippen molar-refractivity contribution in [2.75, 3.05) is 27.2 Å². The lowest BCUT2D eigenvalue weighted by Crippen LogP contribution is -2.52. The molecule has 18 heavy (non-hydrogen) atoms. The number of nitrogens with two attached hydrogens (primary N) is 2. The highest BCUT2D eigenvalue weighted by atomic mass is 16.1. The Morgan fingerprint density at radius 2 is 1.89 bits per heavy atom. The summed E-state index contributed by atoms with van der Waals surface area (Å²) in [6, 6.07) is 1.15. The number of hydrogen-bond donors (Lipinski definition) is 2. The molecule has 0 radical (unpaired) electrons. The number of likely N-dealkylation sites (tertiary alicyclic amines) is 1. The van der Waals surface area contributed by atoms with Gasteiger partial charge in [0.2, 0.25) is 5.91 Å². The van der Waals surface area contributed by atoms with Gasteiger partial charge in [-0.3, -0.25) is 4.79 Å². The predicted molar refractivity (Wildman–Crippen MR) is 72.0 cm³/mol. The molecule has 2 fully saturated rings. The SMILES string of the molecule is CN(C)C1CCN(C2CCC(N)(C(N)=O)C2)CC1. The van der Waals surface area contributed by atoms with Gasteiger partial charge in [0.05, 0.1) is 5.54 Å². The van der Waals surface area contributed by atoms with E-state index >= 15 is 0 Å². The zero-order chi connectivity index (χ0) is 13.3. The third-order valence-corrected chi connectivity index (χ3v) is 4.76. The summed E-state index contributed by atoms with van der Waals surface area (Å²) < 4.78 is 0. The summed E-state index contributed by atoms with van der Waals surface area (Å²) in [6.45, 7) is 2.23. The van der Waals surface area contributed by atoms with Crippen molar-refractivity contribution in [3.05, 3.63) is 0 Å². The highest BCUT2D eigenvalue weighted by molar-refractivity contribution is 5.84. The molecule has 4 N–H and O–H groups in total. The van der Waals surface area contributed by atoms with Gasteiger partial charge in [-0.15, -0.1) is 0 Å². The third kappa shape index (κ3) is 2.68. The van der Waals surface area contributed by atoms with Crippen LogP contribution in [0.1, 0.15) is 32.1 Å². The summed E-state index contributed by atoms with van der Waals surface area (Å²) >= 11 is 0. The molecule has 0 bridgehead atoms. The zero-order valence-corrected chi connectivity index (χ0v) is 11.6. The van der Waals surface area contributed by atoms with Gasteiger partial charge in [0.1, 0.15) is 0 Å². The molecule has 2 atom stereocenters. The quantitative estimate of drug-likeness (QED) is 0.728. The fourth-order valence-corrected chi connectivity index (χ4v) is 3.35. The van der Waals surface area contributed by atoms with Crippen molar-refractivity contribution in [2.45, 2.75) is 49.7 Å². The van der Waals surface area contributed by atoms with Crippen molar-refractivity contribution in [3.8, 4) is 0 Å². The second kappa shape index (κ2) is 5.15. The van der Waals surface area contributed by atoms with E-state index in [0.29, 0.717) is 12.1 Å². The van der Waals surface area contributed by atoms with Crippen molar-refractivity contribution < 1.29 is 4.79 Å². The molecular formula is C13H26N4O. The van der Waals surface area contributed by atoms with E-state index in [-0.39, 0.29) is 5.91 Å². The number of hydrogen-bond acceptors (Lipinski definition) is 4. The maximum Gasteiger partial charge on any atom is 0.237 e. The Bertz CT molecular complexity index is 312. The van der Waals surface area contributed by atoms with Gasteiger partial charge in [0.15, 0.2) is 0 Å². The lowest BCUT2D eigenvalue weighted by Gasteiger charge is -2.38. The molecule has 0 aromatic rings. The van der Waals surface area contributed by atoms with Crippen LogP contribution >= 0.6 is 0 Å². The van der Waals surface area contributed by atoms with E-state index < -0.39 is 5.54 Å². The van der Waals surface area contributed by atoms with E-state index in [0.717, 1.165) is 32.4 Å². The van der Waals surface area contributed by atoms with Crippen LogP contribution in [0, 0.1) is 0 Å². The average molecular weight is 254 g/mol. The standard InChI is InChI=1S/C13H26N4O/c1-16(2)10-4-7-17(8-5-10)11-3-6-13(15,9-11)12(14)18/h10-11H,3-9,15H2,1-2H3,(H2,14,18). The van der Waals surface area contributed by atoms with E-state index in [9.17, 15) is 4.79 Å². The van der Waals surface area contributed by atoms with Crippen molar-refractivity contribution in [3.63, 3.8) is 0 Å². The highest BCUT2D eigenvalue weighted by Crippen LogP contribution is 2.32. The van der Waals surface area contributed by atoms with Crippen molar-refractivity contribution in [1.29, 1.82) is 0 Å². The molecule has 2 aliphatic rings. The van der Waals surface area contributed by atoms with Gasteiger partial charge in [-0.25, -0.2) is 0 Å². The van der Waals surface area contributed by atoms with E-state index in [1.54, 1.807) is 0 Å². The Morgan fingerprint density at radius 3 is 2.33 bits per heavy atom. The molecule has 2 rings (SSSR count). The smallest absolute Gasteiger partial charge is 0.237 e. The first-order chi connectivity index (χ1) is 8.42. The van der Waals surface area contributed by atoms with Gasteiger partial charge >= 0.3 is 0 Å². The predicted octanol–water partition coefficient (Wildman–Crippen LogP) is -0.252. The van der Waals surface area contributed by atoms with Gasteiger partial charge in [-0.05, 0) is 59.3 Å². The van der Waals surface area contributed by atoms with Gasteiger partial charge < -0.3 is 21.3 Å². The van der Waals surface area contributed by atoms with Gasteiger partial charge in [0, 0.05) is 12.1 Å². The van der Waals surface area contributed by atoms with Crippen LogP contribution in [0.15, 0.2) is 0 Å². The lowest BCUT2D eigenvalue weighted by molar-refractivity contribution is -0.123. The van der Waals surface area contributed by atoms with Gasteiger partial charge in [-0.1, -0.05) is 0 Å². The van der Waals surface area contributed by atoms with Gasteiger partial charge in [-0.2, -0.15) is 0 Å². The van der Waals surface area contributed by atoms with Gasteiger partial charge in [0.25, 0.3) is 0 Å². The van der Waals surface area contributed by atoms with E-state index in [1.165, 1.54) is 12.8 Å². The molecule has 1 aliphatic carbocycles. The second-order valence-electron chi connectivity index (χ2n) is 6.15. The van der Waals surface area contributed by atoms with Crippen LogP contribution in [-0.4, -0.2) is 60.5 Å². The zero-order valence-electron chi connectivity index (χ0n) is 11.6. The van der Waals surface area contributed by atoms with E-state index in [1.807, 2.05) is 0 Å². The highest BCUT2D eigenvalue weighted by Gasteiger charge is 2.43. The van der Waals surface area contributed by atoms with Crippen molar-refractivity contribution in [1.82, 2.24) is 9.80 Å². The molecule has 2 unspecified atom stereocenters. The number of piperidine rings is 1. The molecule has 1 aliphatic heterocycles. The van der Waals surface area contributed by atoms with Crippen LogP contribution in [0.2, 0.25) is 0 Å².